The number of nitrogens with zero attached hydrogens (tertiary/aromatic N) is 2. The molecule has 1 aliphatic heterocycles. The lowest BCUT2D eigenvalue weighted by molar-refractivity contribution is 0.591. The minimum Gasteiger partial charge on any atom is -0.361 e. The Labute approximate surface area is 148 Å². The summed E-state index contributed by atoms with van der Waals surface area (Å²) in [4.78, 5) is 24.4. The molecule has 0 spiro atoms. The third kappa shape index (κ3) is 2.39. The maximum absolute atomic E-state index is 14.3. The van der Waals surface area contributed by atoms with E-state index >= 15 is 0 Å². The number of benzene rings is 1. The Hall–Kier alpha value is -2.21. The number of hydrogen-bond donors (Lipinski definition) is 1. The first-order chi connectivity index (χ1) is 12.2. The van der Waals surface area contributed by atoms with Gasteiger partial charge >= 0.3 is 0 Å². The fourth-order valence-electron chi connectivity index (χ4n) is 4.15. The highest BCUT2D eigenvalue weighted by atomic mass is 32.1. The summed E-state index contributed by atoms with van der Waals surface area (Å²) in [6.07, 6.45) is 5.03. The van der Waals surface area contributed by atoms with E-state index in [0.29, 0.717) is 18.1 Å². The Morgan fingerprint density at radius 2 is 2.16 bits per heavy atom. The van der Waals surface area contributed by atoms with E-state index in [1.807, 2.05) is 11.0 Å². The van der Waals surface area contributed by atoms with Crippen LogP contribution in [-0.2, 0) is 25.8 Å². The molecule has 0 saturated carbocycles. The Morgan fingerprint density at radius 3 is 3.08 bits per heavy atom. The Bertz CT molecular complexity index is 1040. The maximum atomic E-state index is 14.3. The second-order valence-corrected chi connectivity index (χ2v) is 7.91. The number of para-hydroxylation sites is 1. The van der Waals surface area contributed by atoms with Gasteiger partial charge in [0.2, 0.25) is 0 Å². The first-order valence-corrected chi connectivity index (χ1v) is 9.58. The molecule has 2 aliphatic rings. The molecule has 3 heterocycles. The van der Waals surface area contributed by atoms with Crippen molar-refractivity contribution >= 4 is 27.2 Å². The van der Waals surface area contributed by atoms with Crippen LogP contribution in [0, 0.1) is 5.82 Å². The number of aromatic amines is 1. The van der Waals surface area contributed by atoms with Crippen molar-refractivity contribution in [2.45, 2.75) is 38.6 Å². The van der Waals surface area contributed by atoms with Gasteiger partial charge in [0.15, 0.2) is 0 Å². The van der Waals surface area contributed by atoms with Gasteiger partial charge in [0, 0.05) is 11.4 Å². The molecular weight excluding hydrogens is 337 g/mol. The van der Waals surface area contributed by atoms with E-state index < -0.39 is 0 Å². The van der Waals surface area contributed by atoms with Gasteiger partial charge in [0.05, 0.1) is 17.6 Å². The van der Waals surface area contributed by atoms with E-state index in [0.717, 1.165) is 54.4 Å². The molecule has 1 aliphatic carbocycles. The second-order valence-electron chi connectivity index (χ2n) is 6.82. The van der Waals surface area contributed by atoms with Gasteiger partial charge in [-0.25, -0.2) is 9.37 Å². The summed E-state index contributed by atoms with van der Waals surface area (Å²) in [6.45, 7) is 1.21. The van der Waals surface area contributed by atoms with Crippen LogP contribution in [0.4, 0.5) is 10.1 Å². The maximum Gasteiger partial charge on any atom is 0.259 e. The summed E-state index contributed by atoms with van der Waals surface area (Å²) in [5.41, 5.74) is 2.83. The Kier molecular flexibility index (Phi) is 3.41. The molecule has 128 valence electrons. The van der Waals surface area contributed by atoms with E-state index in [9.17, 15) is 9.18 Å². The summed E-state index contributed by atoms with van der Waals surface area (Å²) in [6, 6.07) is 5.24. The van der Waals surface area contributed by atoms with Crippen LogP contribution in [0.25, 0.3) is 10.2 Å². The third-order valence-corrected chi connectivity index (χ3v) is 6.41. The molecule has 6 heteroatoms. The number of thiophene rings is 1. The smallest absolute Gasteiger partial charge is 0.259 e. The fourth-order valence-corrected chi connectivity index (χ4v) is 5.43. The fraction of sp³-hybridized carbons (Fsp3) is 0.368. The number of aryl methyl sites for hydroxylation is 3. The molecule has 0 fully saturated rings. The standard InChI is InChI=1S/C19H18FN3OS/c20-13-7-1-4-11-5-3-9-23(17(11)13)10-15-21-18(24)16-12-6-2-8-14(12)25-19(16)22-15/h1,4,7H,2-3,5-6,8-10H2,(H,21,22,24). The molecule has 2 aromatic heterocycles. The zero-order valence-corrected chi connectivity index (χ0v) is 14.6. The normalized spacial score (nSPS) is 16.3. The van der Waals surface area contributed by atoms with Crippen molar-refractivity contribution in [3.63, 3.8) is 0 Å². The van der Waals surface area contributed by atoms with Crippen LogP contribution in [0.3, 0.4) is 0 Å². The summed E-state index contributed by atoms with van der Waals surface area (Å²) >= 11 is 1.64. The highest BCUT2D eigenvalue weighted by Gasteiger charge is 2.24. The van der Waals surface area contributed by atoms with Crippen molar-refractivity contribution in [2.75, 3.05) is 11.4 Å². The van der Waals surface area contributed by atoms with E-state index in [-0.39, 0.29) is 11.4 Å². The summed E-state index contributed by atoms with van der Waals surface area (Å²) in [5.74, 6) is 0.421. The minimum atomic E-state index is -0.198. The number of aromatic nitrogens is 2. The molecule has 1 aromatic carbocycles. The van der Waals surface area contributed by atoms with E-state index in [1.165, 1.54) is 16.5 Å². The average molecular weight is 355 g/mol. The summed E-state index contributed by atoms with van der Waals surface area (Å²) in [7, 11) is 0. The predicted molar refractivity (Wildman–Crippen MR) is 98.0 cm³/mol. The molecule has 0 amide bonds. The number of fused-ring (bicyclic) bond motifs is 4. The Balaban J connectivity index is 1.55. The van der Waals surface area contributed by atoms with Gasteiger partial charge in [-0.3, -0.25) is 4.79 Å². The van der Waals surface area contributed by atoms with Crippen LogP contribution < -0.4 is 10.5 Å². The molecule has 25 heavy (non-hydrogen) atoms. The molecule has 0 saturated heterocycles. The van der Waals surface area contributed by atoms with Crippen LogP contribution in [0.5, 0.6) is 0 Å². The van der Waals surface area contributed by atoms with Gasteiger partial charge in [0.25, 0.3) is 5.56 Å². The van der Waals surface area contributed by atoms with E-state index in [2.05, 4.69) is 4.98 Å². The topological polar surface area (TPSA) is 49.0 Å². The summed E-state index contributed by atoms with van der Waals surface area (Å²) < 4.78 is 14.3. The van der Waals surface area contributed by atoms with Crippen molar-refractivity contribution in [3.05, 3.63) is 56.2 Å². The van der Waals surface area contributed by atoms with Crippen LogP contribution in [0.1, 0.15) is 34.7 Å². The van der Waals surface area contributed by atoms with E-state index in [4.69, 9.17) is 4.98 Å². The van der Waals surface area contributed by atoms with Crippen LogP contribution in [0.15, 0.2) is 23.0 Å². The van der Waals surface area contributed by atoms with E-state index in [1.54, 1.807) is 17.4 Å². The number of hydrogen-bond acceptors (Lipinski definition) is 4. The molecule has 3 aromatic rings. The van der Waals surface area contributed by atoms with Gasteiger partial charge in [-0.05, 0) is 49.3 Å². The second kappa shape index (κ2) is 5.66. The molecule has 0 atom stereocenters. The molecule has 0 radical (unpaired) electrons. The number of nitrogens with one attached hydrogen (secondary N) is 1. The van der Waals surface area contributed by atoms with Crippen molar-refractivity contribution in [1.82, 2.24) is 9.97 Å². The van der Waals surface area contributed by atoms with Crippen molar-refractivity contribution in [3.8, 4) is 0 Å². The lowest BCUT2D eigenvalue weighted by Crippen LogP contribution is -2.31. The minimum absolute atomic E-state index is 0.0508. The van der Waals surface area contributed by atoms with Crippen molar-refractivity contribution < 1.29 is 4.39 Å². The highest BCUT2D eigenvalue weighted by Crippen LogP contribution is 2.35. The van der Waals surface area contributed by atoms with Gasteiger partial charge in [-0.1, -0.05) is 12.1 Å². The zero-order chi connectivity index (χ0) is 17.0. The molecule has 0 unspecified atom stereocenters. The molecular formula is C19H18FN3OS. The lowest BCUT2D eigenvalue weighted by Gasteiger charge is -2.31. The van der Waals surface area contributed by atoms with Crippen molar-refractivity contribution in [2.24, 2.45) is 0 Å². The quantitative estimate of drug-likeness (QED) is 0.765. The summed E-state index contributed by atoms with van der Waals surface area (Å²) in [5, 5.41) is 0.770. The highest BCUT2D eigenvalue weighted by molar-refractivity contribution is 7.18. The number of anilines is 1. The van der Waals surface area contributed by atoms with Crippen molar-refractivity contribution in [1.29, 1.82) is 0 Å². The van der Waals surface area contributed by atoms with Gasteiger partial charge in [-0.2, -0.15) is 0 Å². The van der Waals surface area contributed by atoms with Crippen LogP contribution >= 0.6 is 11.3 Å². The molecule has 5 rings (SSSR count). The third-order valence-electron chi connectivity index (χ3n) is 5.23. The number of rotatable bonds is 2. The van der Waals surface area contributed by atoms with Crippen LogP contribution in [-0.4, -0.2) is 16.5 Å². The first-order valence-electron chi connectivity index (χ1n) is 8.76. The first kappa shape index (κ1) is 15.1. The van der Waals surface area contributed by atoms with Gasteiger partial charge in [-0.15, -0.1) is 11.3 Å². The van der Waals surface area contributed by atoms with Crippen LogP contribution in [0.2, 0.25) is 0 Å². The molecule has 0 bridgehead atoms. The SMILES string of the molecule is O=c1[nH]c(CN2CCCc3cccc(F)c32)nc2sc3c(c12)CCC3. The van der Waals surface area contributed by atoms with Gasteiger partial charge < -0.3 is 9.88 Å². The Morgan fingerprint density at radius 1 is 1.24 bits per heavy atom. The number of H-pyrrole nitrogens is 1. The monoisotopic (exact) mass is 355 g/mol. The number of halogens is 1. The zero-order valence-electron chi connectivity index (χ0n) is 13.8. The lowest BCUT2D eigenvalue weighted by atomic mass is 10.0. The molecule has 1 N–H and O–H groups in total. The van der Waals surface area contributed by atoms with Gasteiger partial charge in [0.1, 0.15) is 16.5 Å². The predicted octanol–water partition coefficient (Wildman–Crippen LogP) is 3.57. The average Bonchev–Trinajstić information content (AvgIpc) is 3.15. The largest absolute Gasteiger partial charge is 0.361 e. The molecule has 4 nitrogen and oxygen atoms in total.